The van der Waals surface area contributed by atoms with Gasteiger partial charge < -0.3 is 9.47 Å². The molecule has 1 aliphatic heterocycles. The summed E-state index contributed by atoms with van der Waals surface area (Å²) in [5.41, 5.74) is -0.112. The first kappa shape index (κ1) is 12.5. The lowest BCUT2D eigenvalue weighted by Gasteiger charge is -2.31. The lowest BCUT2D eigenvalue weighted by atomic mass is 9.82. The molecule has 0 aromatic carbocycles. The predicted octanol–water partition coefficient (Wildman–Crippen LogP) is 2.53. The summed E-state index contributed by atoms with van der Waals surface area (Å²) >= 11 is 0. The molecule has 1 saturated heterocycles. The Morgan fingerprint density at radius 3 is 2.20 bits per heavy atom. The molecule has 0 bridgehead atoms. The summed E-state index contributed by atoms with van der Waals surface area (Å²) in [5, 5.41) is 0. The van der Waals surface area contributed by atoms with Crippen molar-refractivity contribution in [2.24, 2.45) is 5.92 Å². The quantitative estimate of drug-likeness (QED) is 0.677. The van der Waals surface area contributed by atoms with E-state index in [-0.39, 0.29) is 29.7 Å². The summed E-state index contributed by atoms with van der Waals surface area (Å²) in [4.78, 5) is 11.0. The molecule has 15 heavy (non-hydrogen) atoms. The van der Waals surface area contributed by atoms with Gasteiger partial charge in [-0.05, 0) is 19.8 Å². The Bertz CT molecular complexity index is 233. The molecule has 3 atom stereocenters. The molecule has 0 unspecified atom stereocenters. The van der Waals surface area contributed by atoms with Gasteiger partial charge in [0.25, 0.3) is 0 Å². The zero-order valence-corrected chi connectivity index (χ0v) is 10.4. The smallest absolute Gasteiger partial charge is 0.303 e. The molecule has 0 saturated carbocycles. The molecule has 3 nitrogen and oxygen atoms in total. The van der Waals surface area contributed by atoms with Gasteiger partial charge in [-0.2, -0.15) is 0 Å². The standard InChI is InChI=1S/C12H22O3/c1-6-12(7-2)8(3)11(9(4)15-12)14-10(5)13/h8-9,11H,6-7H2,1-5H3/t8-,9+,11+/m0/s1. The average Bonchev–Trinajstić information content (AvgIpc) is 2.42. The van der Waals surface area contributed by atoms with Gasteiger partial charge in [-0.15, -0.1) is 0 Å². The van der Waals surface area contributed by atoms with Crippen LogP contribution in [0.1, 0.15) is 47.5 Å². The molecule has 1 aliphatic rings. The van der Waals surface area contributed by atoms with Crippen molar-refractivity contribution in [3.63, 3.8) is 0 Å². The van der Waals surface area contributed by atoms with Gasteiger partial charge in [-0.1, -0.05) is 20.8 Å². The van der Waals surface area contributed by atoms with Crippen molar-refractivity contribution in [3.8, 4) is 0 Å². The second-order valence-electron chi connectivity index (χ2n) is 4.46. The minimum Gasteiger partial charge on any atom is -0.459 e. The van der Waals surface area contributed by atoms with E-state index in [0.717, 1.165) is 12.8 Å². The number of carbonyl (C=O) groups is 1. The van der Waals surface area contributed by atoms with E-state index in [9.17, 15) is 4.79 Å². The highest BCUT2D eigenvalue weighted by atomic mass is 16.6. The average molecular weight is 214 g/mol. The van der Waals surface area contributed by atoms with Crippen molar-refractivity contribution in [3.05, 3.63) is 0 Å². The molecule has 1 rings (SSSR count). The molecule has 0 radical (unpaired) electrons. The van der Waals surface area contributed by atoms with Crippen LogP contribution < -0.4 is 0 Å². The fraction of sp³-hybridized carbons (Fsp3) is 0.917. The van der Waals surface area contributed by atoms with Crippen LogP contribution >= 0.6 is 0 Å². The number of ether oxygens (including phenoxy) is 2. The molecule has 1 fully saturated rings. The van der Waals surface area contributed by atoms with Gasteiger partial charge in [0.15, 0.2) is 0 Å². The molecule has 0 aromatic rings. The minimum atomic E-state index is -0.217. The summed E-state index contributed by atoms with van der Waals surface area (Å²) in [5.74, 6) is 0.0525. The van der Waals surface area contributed by atoms with Crippen molar-refractivity contribution in [1.29, 1.82) is 0 Å². The second-order valence-corrected chi connectivity index (χ2v) is 4.46. The highest BCUT2D eigenvalue weighted by Crippen LogP contribution is 2.42. The Morgan fingerprint density at radius 2 is 1.87 bits per heavy atom. The van der Waals surface area contributed by atoms with E-state index in [2.05, 4.69) is 20.8 Å². The van der Waals surface area contributed by atoms with E-state index in [1.54, 1.807) is 0 Å². The van der Waals surface area contributed by atoms with Gasteiger partial charge >= 0.3 is 5.97 Å². The topological polar surface area (TPSA) is 35.5 Å². The Balaban J connectivity index is 2.81. The normalized spacial score (nSPS) is 34.1. The van der Waals surface area contributed by atoms with E-state index in [1.165, 1.54) is 6.92 Å². The zero-order chi connectivity index (χ0) is 11.6. The van der Waals surface area contributed by atoms with Crippen LogP contribution in [0, 0.1) is 5.92 Å². The molecule has 0 amide bonds. The summed E-state index contributed by atoms with van der Waals surface area (Å²) in [6, 6.07) is 0. The van der Waals surface area contributed by atoms with Crippen molar-refractivity contribution in [2.75, 3.05) is 0 Å². The van der Waals surface area contributed by atoms with Crippen molar-refractivity contribution in [1.82, 2.24) is 0 Å². The van der Waals surface area contributed by atoms with Crippen LogP contribution in [0.3, 0.4) is 0 Å². The highest BCUT2D eigenvalue weighted by molar-refractivity contribution is 5.66. The third-order valence-electron chi connectivity index (χ3n) is 3.70. The molecule has 0 spiro atoms. The van der Waals surface area contributed by atoms with E-state index in [4.69, 9.17) is 9.47 Å². The lowest BCUT2D eigenvalue weighted by molar-refractivity contribution is -0.150. The maximum Gasteiger partial charge on any atom is 0.303 e. The lowest BCUT2D eigenvalue weighted by Crippen LogP contribution is -2.36. The Morgan fingerprint density at radius 1 is 1.33 bits per heavy atom. The number of hydrogen-bond acceptors (Lipinski definition) is 3. The number of esters is 1. The minimum absolute atomic E-state index is 0.00352. The third-order valence-corrected chi connectivity index (χ3v) is 3.70. The number of hydrogen-bond donors (Lipinski definition) is 0. The highest BCUT2D eigenvalue weighted by Gasteiger charge is 2.50. The van der Waals surface area contributed by atoms with Crippen LogP contribution in [-0.4, -0.2) is 23.8 Å². The van der Waals surface area contributed by atoms with Gasteiger partial charge in [-0.25, -0.2) is 0 Å². The fourth-order valence-corrected chi connectivity index (χ4v) is 2.70. The molecule has 88 valence electrons. The third kappa shape index (κ3) is 2.17. The summed E-state index contributed by atoms with van der Waals surface area (Å²) < 4.78 is 11.3. The molecular formula is C12H22O3. The first-order valence-electron chi connectivity index (χ1n) is 5.82. The van der Waals surface area contributed by atoms with Crippen LogP contribution in [0.15, 0.2) is 0 Å². The Labute approximate surface area is 92.1 Å². The molecular weight excluding hydrogens is 192 g/mol. The van der Waals surface area contributed by atoms with Gasteiger partial charge in [0.2, 0.25) is 0 Å². The van der Waals surface area contributed by atoms with Gasteiger partial charge in [0, 0.05) is 12.8 Å². The second kappa shape index (κ2) is 4.52. The molecule has 0 aliphatic carbocycles. The van der Waals surface area contributed by atoms with Gasteiger partial charge in [-0.3, -0.25) is 4.79 Å². The Kier molecular flexibility index (Phi) is 3.77. The van der Waals surface area contributed by atoms with Crippen LogP contribution in [0.4, 0.5) is 0 Å². The van der Waals surface area contributed by atoms with E-state index < -0.39 is 0 Å². The molecule has 0 N–H and O–H groups in total. The van der Waals surface area contributed by atoms with E-state index in [1.807, 2.05) is 6.92 Å². The SMILES string of the molecule is CCC1(CC)O[C@H](C)[C@H](OC(C)=O)[C@@H]1C. The molecule has 1 heterocycles. The monoisotopic (exact) mass is 214 g/mol. The van der Waals surface area contributed by atoms with Crippen LogP contribution in [0.5, 0.6) is 0 Å². The van der Waals surface area contributed by atoms with Crippen molar-refractivity contribution >= 4 is 5.97 Å². The molecule has 3 heteroatoms. The number of carbonyl (C=O) groups excluding carboxylic acids is 1. The summed E-state index contributed by atoms with van der Waals surface area (Å²) in [6.45, 7) is 9.81. The summed E-state index contributed by atoms with van der Waals surface area (Å²) in [7, 11) is 0. The maximum atomic E-state index is 11.0. The van der Waals surface area contributed by atoms with Gasteiger partial charge in [0.1, 0.15) is 6.10 Å². The maximum absolute atomic E-state index is 11.0. The Hall–Kier alpha value is -0.570. The van der Waals surface area contributed by atoms with Crippen LogP contribution in [-0.2, 0) is 14.3 Å². The number of rotatable bonds is 3. The van der Waals surface area contributed by atoms with Crippen LogP contribution in [0.2, 0.25) is 0 Å². The predicted molar refractivity (Wildman–Crippen MR) is 58.6 cm³/mol. The first-order chi connectivity index (χ1) is 6.96. The van der Waals surface area contributed by atoms with Gasteiger partial charge in [0.05, 0.1) is 11.7 Å². The first-order valence-corrected chi connectivity index (χ1v) is 5.82. The largest absolute Gasteiger partial charge is 0.459 e. The van der Waals surface area contributed by atoms with Crippen molar-refractivity contribution in [2.45, 2.75) is 65.3 Å². The van der Waals surface area contributed by atoms with Crippen molar-refractivity contribution < 1.29 is 14.3 Å². The van der Waals surface area contributed by atoms with E-state index >= 15 is 0 Å². The summed E-state index contributed by atoms with van der Waals surface area (Å²) in [6.07, 6.45) is 1.84. The van der Waals surface area contributed by atoms with E-state index in [0.29, 0.717) is 0 Å². The van der Waals surface area contributed by atoms with Crippen LogP contribution in [0.25, 0.3) is 0 Å². The molecule has 0 aromatic heterocycles. The fourth-order valence-electron chi connectivity index (χ4n) is 2.70. The zero-order valence-electron chi connectivity index (χ0n) is 10.4.